The molecule has 2 rings (SSSR count). The second-order valence-corrected chi connectivity index (χ2v) is 6.85. The minimum atomic E-state index is -3.51. The van der Waals surface area contributed by atoms with Crippen molar-refractivity contribution < 1.29 is 12.8 Å². The predicted molar refractivity (Wildman–Crippen MR) is 77.9 cm³/mol. The highest BCUT2D eigenvalue weighted by Gasteiger charge is 2.24. The number of hydrogen-bond acceptors (Lipinski definition) is 7. The molecule has 0 aliphatic heterocycles. The van der Waals surface area contributed by atoms with Crippen LogP contribution >= 0.6 is 0 Å². The van der Waals surface area contributed by atoms with Crippen molar-refractivity contribution in [2.45, 2.75) is 6.04 Å². The topological polar surface area (TPSA) is 101 Å². The molecule has 0 aliphatic rings. The summed E-state index contributed by atoms with van der Waals surface area (Å²) in [6.07, 6.45) is 3.59. The van der Waals surface area contributed by atoms with Crippen molar-refractivity contribution in [1.82, 2.24) is 24.2 Å². The minimum Gasteiger partial charge on any atom is -0.345 e. The summed E-state index contributed by atoms with van der Waals surface area (Å²) in [6.45, 7) is 0. The van der Waals surface area contributed by atoms with E-state index in [4.69, 9.17) is 0 Å². The maximum atomic E-state index is 13.0. The normalized spacial score (nSPS) is 13.1. The number of halogens is 1. The first-order valence-electron chi connectivity index (χ1n) is 6.28. The van der Waals surface area contributed by atoms with Gasteiger partial charge in [0.25, 0.3) is 0 Å². The fourth-order valence-electron chi connectivity index (χ4n) is 1.62. The number of rotatable bonds is 6. The van der Waals surface area contributed by atoms with Crippen LogP contribution in [0, 0.1) is 5.82 Å². The Labute approximate surface area is 127 Å². The van der Waals surface area contributed by atoms with E-state index in [-0.39, 0.29) is 11.7 Å². The lowest BCUT2D eigenvalue weighted by molar-refractivity contribution is 0.515. The summed E-state index contributed by atoms with van der Waals surface area (Å²) in [5.41, 5.74) is 0.368. The Kier molecular flexibility index (Phi) is 4.93. The Morgan fingerprint density at radius 1 is 1.23 bits per heavy atom. The molecule has 0 amide bonds. The Hall–Kier alpha value is -2.20. The minimum absolute atomic E-state index is 0.208. The van der Waals surface area contributed by atoms with E-state index in [0.717, 1.165) is 10.5 Å². The molecule has 1 N–H and O–H groups in total. The first-order valence-corrected chi connectivity index (χ1v) is 7.89. The fraction of sp³-hybridized carbons (Fsp3) is 0.333. The van der Waals surface area contributed by atoms with Crippen LogP contribution in [0.2, 0.25) is 0 Å². The summed E-state index contributed by atoms with van der Waals surface area (Å²) >= 11 is 0. The first kappa shape index (κ1) is 16.2. The molecule has 118 valence electrons. The number of aromatic nitrogens is 4. The van der Waals surface area contributed by atoms with Crippen molar-refractivity contribution in [1.29, 1.82) is 0 Å². The van der Waals surface area contributed by atoms with Crippen molar-refractivity contribution in [3.8, 4) is 0 Å². The van der Waals surface area contributed by atoms with Crippen LogP contribution in [0.3, 0.4) is 0 Å². The lowest BCUT2D eigenvalue weighted by atomic mass is 10.2. The van der Waals surface area contributed by atoms with Gasteiger partial charge in [0, 0.05) is 14.1 Å². The standard InChI is InChI=1S/C12H15FN6O2S/c1-19(2)22(20,21)6-11(10-4-3-9(13)5-15-10)18-12-16-7-14-8-17-12/h3-5,7-8,11H,6H2,1-2H3,(H,14,16,17,18). The summed E-state index contributed by atoms with van der Waals surface area (Å²) in [5, 5.41) is 2.87. The molecule has 0 saturated carbocycles. The van der Waals surface area contributed by atoms with E-state index in [1.165, 1.54) is 38.9 Å². The smallest absolute Gasteiger partial charge is 0.226 e. The molecule has 0 aromatic carbocycles. The molecule has 22 heavy (non-hydrogen) atoms. The Morgan fingerprint density at radius 2 is 1.91 bits per heavy atom. The molecule has 10 heteroatoms. The van der Waals surface area contributed by atoms with Gasteiger partial charge in [-0.15, -0.1) is 0 Å². The van der Waals surface area contributed by atoms with Crippen LogP contribution in [0.4, 0.5) is 10.3 Å². The van der Waals surface area contributed by atoms with Crippen molar-refractivity contribution in [2.75, 3.05) is 25.2 Å². The van der Waals surface area contributed by atoms with Gasteiger partial charge in [-0.1, -0.05) is 0 Å². The summed E-state index contributed by atoms with van der Waals surface area (Å²) in [5.74, 6) is -0.567. The van der Waals surface area contributed by atoms with Crippen LogP contribution in [-0.2, 0) is 10.0 Å². The Balaban J connectivity index is 2.30. The zero-order valence-electron chi connectivity index (χ0n) is 12.0. The monoisotopic (exact) mass is 326 g/mol. The number of pyridine rings is 1. The third-order valence-electron chi connectivity index (χ3n) is 2.84. The summed E-state index contributed by atoms with van der Waals surface area (Å²) in [4.78, 5) is 15.4. The van der Waals surface area contributed by atoms with Crippen LogP contribution in [-0.4, -0.2) is 52.5 Å². The summed E-state index contributed by atoms with van der Waals surface area (Å²) < 4.78 is 38.3. The lowest BCUT2D eigenvalue weighted by Gasteiger charge is -2.20. The fourth-order valence-corrected chi connectivity index (χ4v) is 2.60. The van der Waals surface area contributed by atoms with Gasteiger partial charge in [0.15, 0.2) is 0 Å². The SMILES string of the molecule is CN(C)S(=O)(=O)CC(Nc1ncncn1)c1ccc(F)cn1. The van der Waals surface area contributed by atoms with E-state index in [9.17, 15) is 12.8 Å². The number of sulfonamides is 1. The number of nitrogens with zero attached hydrogens (tertiary/aromatic N) is 5. The van der Waals surface area contributed by atoms with E-state index in [2.05, 4.69) is 25.3 Å². The predicted octanol–water partition coefficient (Wildman–Crippen LogP) is 0.450. The second kappa shape index (κ2) is 6.71. The second-order valence-electron chi connectivity index (χ2n) is 4.62. The number of nitrogens with one attached hydrogen (secondary N) is 1. The molecule has 2 aromatic heterocycles. The number of anilines is 1. The van der Waals surface area contributed by atoms with Gasteiger partial charge in [0.05, 0.1) is 23.7 Å². The third kappa shape index (κ3) is 4.15. The third-order valence-corrected chi connectivity index (χ3v) is 4.70. The zero-order valence-corrected chi connectivity index (χ0v) is 12.8. The molecule has 8 nitrogen and oxygen atoms in total. The Morgan fingerprint density at radius 3 is 2.45 bits per heavy atom. The van der Waals surface area contributed by atoms with E-state index in [1.54, 1.807) is 0 Å². The molecule has 2 heterocycles. The van der Waals surface area contributed by atoms with Gasteiger partial charge in [0.1, 0.15) is 18.5 Å². The average Bonchev–Trinajstić information content (AvgIpc) is 2.48. The average molecular weight is 326 g/mol. The van der Waals surface area contributed by atoms with Crippen molar-refractivity contribution in [3.05, 3.63) is 42.5 Å². The first-order chi connectivity index (χ1) is 10.4. The van der Waals surface area contributed by atoms with Gasteiger partial charge >= 0.3 is 0 Å². The maximum absolute atomic E-state index is 13.0. The highest BCUT2D eigenvalue weighted by atomic mass is 32.2. The van der Waals surface area contributed by atoms with E-state index in [1.807, 2.05) is 0 Å². The molecule has 2 aromatic rings. The van der Waals surface area contributed by atoms with Crippen LogP contribution in [0.25, 0.3) is 0 Å². The lowest BCUT2D eigenvalue weighted by Crippen LogP contribution is -2.31. The molecule has 0 saturated heterocycles. The van der Waals surface area contributed by atoms with Gasteiger partial charge in [-0.3, -0.25) is 4.98 Å². The highest BCUT2D eigenvalue weighted by molar-refractivity contribution is 7.89. The van der Waals surface area contributed by atoms with Crippen LogP contribution in [0.5, 0.6) is 0 Å². The zero-order chi connectivity index (χ0) is 16.2. The quantitative estimate of drug-likeness (QED) is 0.822. The molecule has 0 bridgehead atoms. The number of hydrogen-bond donors (Lipinski definition) is 1. The molecular weight excluding hydrogens is 311 g/mol. The molecular formula is C12H15FN6O2S. The van der Waals surface area contributed by atoms with E-state index >= 15 is 0 Å². The molecule has 0 radical (unpaired) electrons. The summed E-state index contributed by atoms with van der Waals surface area (Å²) in [7, 11) is -0.634. The van der Waals surface area contributed by atoms with E-state index < -0.39 is 21.9 Å². The largest absolute Gasteiger partial charge is 0.345 e. The summed E-state index contributed by atoms with van der Waals surface area (Å²) in [6, 6.07) is 1.90. The Bertz CT molecular complexity index is 708. The van der Waals surface area contributed by atoms with Gasteiger partial charge in [0.2, 0.25) is 16.0 Å². The molecule has 0 aliphatic carbocycles. The van der Waals surface area contributed by atoms with Gasteiger partial charge in [-0.25, -0.2) is 32.1 Å². The van der Waals surface area contributed by atoms with Gasteiger partial charge < -0.3 is 5.32 Å². The van der Waals surface area contributed by atoms with Crippen LogP contribution in [0.1, 0.15) is 11.7 Å². The highest BCUT2D eigenvalue weighted by Crippen LogP contribution is 2.18. The van der Waals surface area contributed by atoms with Gasteiger partial charge in [-0.2, -0.15) is 0 Å². The van der Waals surface area contributed by atoms with Gasteiger partial charge in [-0.05, 0) is 12.1 Å². The molecule has 0 spiro atoms. The van der Waals surface area contributed by atoms with Crippen molar-refractivity contribution >= 4 is 16.0 Å². The molecule has 0 fully saturated rings. The molecule has 1 unspecified atom stereocenters. The van der Waals surface area contributed by atoms with Crippen LogP contribution < -0.4 is 5.32 Å². The van der Waals surface area contributed by atoms with Crippen molar-refractivity contribution in [2.24, 2.45) is 0 Å². The molecule has 1 atom stereocenters. The van der Waals surface area contributed by atoms with E-state index in [0.29, 0.717) is 5.69 Å². The van der Waals surface area contributed by atoms with Crippen molar-refractivity contribution in [3.63, 3.8) is 0 Å². The van der Waals surface area contributed by atoms with Crippen LogP contribution in [0.15, 0.2) is 31.0 Å². The maximum Gasteiger partial charge on any atom is 0.226 e.